The van der Waals surface area contributed by atoms with Crippen molar-refractivity contribution in [2.24, 2.45) is 5.73 Å². The van der Waals surface area contributed by atoms with E-state index < -0.39 is 11.7 Å². The Morgan fingerprint density at radius 2 is 2.05 bits per heavy atom. The summed E-state index contributed by atoms with van der Waals surface area (Å²) >= 11 is 0. The third kappa shape index (κ3) is 3.42. The first-order valence-electron chi connectivity index (χ1n) is 6.43. The Hall–Kier alpha value is -1.74. The maximum absolute atomic E-state index is 12.6. The molecule has 0 bridgehead atoms. The molecular formula is C14H15F3N2O. The van der Waals surface area contributed by atoms with E-state index in [9.17, 15) is 13.2 Å². The minimum Gasteiger partial charge on any atom is -0.489 e. The van der Waals surface area contributed by atoms with Gasteiger partial charge in [0.25, 0.3) is 0 Å². The van der Waals surface area contributed by atoms with E-state index in [0.29, 0.717) is 6.42 Å². The van der Waals surface area contributed by atoms with Gasteiger partial charge >= 0.3 is 6.18 Å². The predicted octanol–water partition coefficient (Wildman–Crippen LogP) is 3.23. The molecule has 1 aromatic carbocycles. The van der Waals surface area contributed by atoms with Gasteiger partial charge in [0, 0.05) is 6.04 Å². The molecular weight excluding hydrogens is 269 g/mol. The van der Waals surface area contributed by atoms with Crippen molar-refractivity contribution in [3.63, 3.8) is 0 Å². The van der Waals surface area contributed by atoms with Crippen LogP contribution in [0, 0.1) is 11.3 Å². The number of hydrogen-bond donors (Lipinski definition) is 1. The number of halogens is 3. The zero-order valence-electron chi connectivity index (χ0n) is 10.8. The molecule has 1 aliphatic carbocycles. The maximum atomic E-state index is 12.6. The van der Waals surface area contributed by atoms with Gasteiger partial charge in [-0.2, -0.15) is 18.4 Å². The lowest BCUT2D eigenvalue weighted by molar-refractivity contribution is -0.137. The molecule has 0 aliphatic heterocycles. The van der Waals surface area contributed by atoms with Gasteiger partial charge in [-0.15, -0.1) is 0 Å². The normalized spacial score (nSPS) is 23.1. The number of nitrogens with two attached hydrogens (primary N) is 1. The largest absolute Gasteiger partial charge is 0.489 e. The smallest absolute Gasteiger partial charge is 0.416 e. The van der Waals surface area contributed by atoms with Crippen LogP contribution >= 0.6 is 0 Å². The highest BCUT2D eigenvalue weighted by Crippen LogP contribution is 2.33. The van der Waals surface area contributed by atoms with Crippen molar-refractivity contribution in [2.45, 2.75) is 44.0 Å². The van der Waals surface area contributed by atoms with Gasteiger partial charge in [-0.1, -0.05) is 0 Å². The number of nitriles is 1. The molecule has 2 rings (SSSR count). The summed E-state index contributed by atoms with van der Waals surface area (Å²) in [6.45, 7) is 0. The van der Waals surface area contributed by atoms with Crippen LogP contribution in [0.3, 0.4) is 0 Å². The first-order chi connectivity index (χ1) is 9.40. The summed E-state index contributed by atoms with van der Waals surface area (Å²) in [6, 6.07) is 4.76. The fraction of sp³-hybridized carbons (Fsp3) is 0.500. The highest BCUT2D eigenvalue weighted by molar-refractivity contribution is 5.46. The summed E-state index contributed by atoms with van der Waals surface area (Å²) in [4.78, 5) is 0. The van der Waals surface area contributed by atoms with E-state index in [1.807, 2.05) is 0 Å². The van der Waals surface area contributed by atoms with E-state index in [2.05, 4.69) is 0 Å². The Bertz CT molecular complexity index is 522. The minimum absolute atomic E-state index is 0.0498. The van der Waals surface area contributed by atoms with Crippen LogP contribution in [0.4, 0.5) is 13.2 Å². The molecule has 6 heteroatoms. The van der Waals surface area contributed by atoms with E-state index in [1.54, 1.807) is 6.07 Å². The molecule has 1 aliphatic rings. The third-order valence-corrected chi connectivity index (χ3v) is 3.39. The van der Waals surface area contributed by atoms with Crippen LogP contribution in [0.25, 0.3) is 0 Å². The van der Waals surface area contributed by atoms with Gasteiger partial charge in [-0.05, 0) is 43.9 Å². The second kappa shape index (κ2) is 5.71. The highest BCUT2D eigenvalue weighted by Gasteiger charge is 2.31. The molecule has 0 amide bonds. The van der Waals surface area contributed by atoms with Gasteiger partial charge in [0.2, 0.25) is 0 Å². The van der Waals surface area contributed by atoms with E-state index in [0.717, 1.165) is 31.4 Å². The highest BCUT2D eigenvalue weighted by atomic mass is 19.4. The van der Waals surface area contributed by atoms with Crippen LogP contribution in [-0.4, -0.2) is 12.1 Å². The predicted molar refractivity (Wildman–Crippen MR) is 67.0 cm³/mol. The number of nitrogens with zero attached hydrogens (tertiary/aromatic N) is 1. The number of benzene rings is 1. The summed E-state index contributed by atoms with van der Waals surface area (Å²) in [5.41, 5.74) is 4.89. The monoisotopic (exact) mass is 284 g/mol. The molecule has 2 atom stereocenters. The summed E-state index contributed by atoms with van der Waals surface area (Å²) < 4.78 is 43.4. The lowest BCUT2D eigenvalue weighted by atomic mass is 9.93. The van der Waals surface area contributed by atoms with Crippen LogP contribution in [0.1, 0.15) is 36.8 Å². The summed E-state index contributed by atoms with van der Waals surface area (Å²) in [5, 5.41) is 8.97. The maximum Gasteiger partial charge on any atom is 0.416 e. The standard InChI is InChI=1S/C14H15F3N2O/c15-14(16,17)10-4-5-13(9(6-10)8-18)20-12-3-1-2-11(19)7-12/h4-6,11-12H,1-3,7,19H2. The van der Waals surface area contributed by atoms with Crippen LogP contribution in [0.5, 0.6) is 5.75 Å². The van der Waals surface area contributed by atoms with Gasteiger partial charge in [-0.3, -0.25) is 0 Å². The average molecular weight is 284 g/mol. The third-order valence-electron chi connectivity index (χ3n) is 3.39. The number of hydrogen-bond acceptors (Lipinski definition) is 3. The molecule has 0 saturated heterocycles. The van der Waals surface area contributed by atoms with E-state index in [1.165, 1.54) is 6.07 Å². The molecule has 2 unspecified atom stereocenters. The van der Waals surface area contributed by atoms with Crippen molar-refractivity contribution in [2.75, 3.05) is 0 Å². The molecule has 3 nitrogen and oxygen atoms in total. The summed E-state index contributed by atoms with van der Waals surface area (Å²) in [6.07, 6.45) is -1.28. The van der Waals surface area contributed by atoms with Gasteiger partial charge in [-0.25, -0.2) is 0 Å². The van der Waals surface area contributed by atoms with Crippen molar-refractivity contribution in [3.8, 4) is 11.8 Å². The van der Waals surface area contributed by atoms with Crippen molar-refractivity contribution in [3.05, 3.63) is 29.3 Å². The fourth-order valence-electron chi connectivity index (χ4n) is 2.36. The second-order valence-corrected chi connectivity index (χ2v) is 4.99. The Morgan fingerprint density at radius 3 is 2.65 bits per heavy atom. The zero-order valence-corrected chi connectivity index (χ0v) is 10.8. The molecule has 1 fully saturated rings. The molecule has 108 valence electrons. The number of rotatable bonds is 2. The number of alkyl halides is 3. The Labute approximate surface area is 115 Å². The Morgan fingerprint density at radius 1 is 1.30 bits per heavy atom. The molecule has 2 N–H and O–H groups in total. The first-order valence-corrected chi connectivity index (χ1v) is 6.43. The summed E-state index contributed by atoms with van der Waals surface area (Å²) in [7, 11) is 0. The van der Waals surface area contributed by atoms with Crippen molar-refractivity contribution in [1.82, 2.24) is 0 Å². The second-order valence-electron chi connectivity index (χ2n) is 4.99. The van der Waals surface area contributed by atoms with Crippen LogP contribution < -0.4 is 10.5 Å². The first kappa shape index (κ1) is 14.7. The Kier molecular flexibility index (Phi) is 4.19. The molecule has 0 aromatic heterocycles. The van der Waals surface area contributed by atoms with E-state index >= 15 is 0 Å². The zero-order chi connectivity index (χ0) is 14.8. The van der Waals surface area contributed by atoms with E-state index in [4.69, 9.17) is 15.7 Å². The van der Waals surface area contributed by atoms with Crippen molar-refractivity contribution in [1.29, 1.82) is 5.26 Å². The number of ether oxygens (including phenoxy) is 1. The Balaban J connectivity index is 2.18. The van der Waals surface area contributed by atoms with Crippen molar-refractivity contribution >= 4 is 0 Å². The van der Waals surface area contributed by atoms with Gasteiger partial charge in [0.05, 0.1) is 11.1 Å². The molecule has 1 saturated carbocycles. The van der Waals surface area contributed by atoms with Gasteiger partial charge in [0.1, 0.15) is 17.9 Å². The lowest BCUT2D eigenvalue weighted by Crippen LogP contribution is -2.33. The van der Waals surface area contributed by atoms with Crippen LogP contribution in [-0.2, 0) is 6.18 Å². The molecule has 0 heterocycles. The molecule has 20 heavy (non-hydrogen) atoms. The minimum atomic E-state index is -4.46. The van der Waals surface area contributed by atoms with Crippen LogP contribution in [0.15, 0.2) is 18.2 Å². The average Bonchev–Trinajstić information content (AvgIpc) is 2.38. The fourth-order valence-corrected chi connectivity index (χ4v) is 2.36. The summed E-state index contributed by atoms with van der Waals surface area (Å²) in [5.74, 6) is 0.194. The van der Waals surface area contributed by atoms with E-state index in [-0.39, 0.29) is 23.5 Å². The molecule has 0 radical (unpaired) electrons. The van der Waals surface area contributed by atoms with Crippen LogP contribution in [0.2, 0.25) is 0 Å². The van der Waals surface area contributed by atoms with Gasteiger partial charge < -0.3 is 10.5 Å². The van der Waals surface area contributed by atoms with Gasteiger partial charge in [0.15, 0.2) is 0 Å². The lowest BCUT2D eigenvalue weighted by Gasteiger charge is -2.27. The molecule has 0 spiro atoms. The topological polar surface area (TPSA) is 59.0 Å². The quantitative estimate of drug-likeness (QED) is 0.907. The van der Waals surface area contributed by atoms with Crippen molar-refractivity contribution < 1.29 is 17.9 Å². The molecule has 1 aromatic rings. The SMILES string of the molecule is N#Cc1cc(C(F)(F)F)ccc1OC1CCCC(N)C1.